The third kappa shape index (κ3) is 5.92. The predicted octanol–water partition coefficient (Wildman–Crippen LogP) is 2.47. The molecule has 1 aromatic rings. The van der Waals surface area contributed by atoms with E-state index in [1.165, 1.54) is 18.2 Å². The first kappa shape index (κ1) is 15.8. The van der Waals surface area contributed by atoms with Gasteiger partial charge in [0.25, 0.3) is 0 Å². The lowest BCUT2D eigenvalue weighted by atomic mass is 10.2. The zero-order chi connectivity index (χ0) is 14.1. The molecule has 0 heterocycles. The van der Waals surface area contributed by atoms with Gasteiger partial charge in [0, 0.05) is 25.3 Å². The minimum Gasteiger partial charge on any atom is -0.490 e. The van der Waals surface area contributed by atoms with Gasteiger partial charge in [-0.05, 0) is 24.6 Å². The van der Waals surface area contributed by atoms with Crippen LogP contribution in [-0.2, 0) is 9.47 Å². The summed E-state index contributed by atoms with van der Waals surface area (Å²) in [6.07, 6.45) is 0.814. The fraction of sp³-hybridized carbons (Fsp3) is 0.462. The van der Waals surface area contributed by atoms with Gasteiger partial charge in [0.1, 0.15) is 17.9 Å². The van der Waals surface area contributed by atoms with Crippen LogP contribution in [0.3, 0.4) is 0 Å². The number of carbonyl (C=O) groups is 1. The molecule has 5 nitrogen and oxygen atoms in total. The van der Waals surface area contributed by atoms with E-state index in [0.717, 1.165) is 6.42 Å². The normalized spacial score (nSPS) is 10.4. The molecule has 0 saturated heterocycles. The van der Waals surface area contributed by atoms with E-state index in [9.17, 15) is 4.79 Å². The summed E-state index contributed by atoms with van der Waals surface area (Å²) in [4.78, 5) is 11.0. The maximum Gasteiger partial charge on any atom is 0.339 e. The van der Waals surface area contributed by atoms with Crippen LogP contribution in [0.5, 0.6) is 5.75 Å². The van der Waals surface area contributed by atoms with Gasteiger partial charge in [0.2, 0.25) is 0 Å². The Bertz CT molecular complexity index is 408. The smallest absolute Gasteiger partial charge is 0.339 e. The molecule has 19 heavy (non-hydrogen) atoms. The van der Waals surface area contributed by atoms with Gasteiger partial charge < -0.3 is 19.3 Å². The van der Waals surface area contributed by atoms with Crippen molar-refractivity contribution < 1.29 is 24.1 Å². The number of carboxylic acid groups (broad SMARTS) is 1. The average molecular weight is 289 g/mol. The first-order chi connectivity index (χ1) is 9.15. The van der Waals surface area contributed by atoms with E-state index in [1.54, 1.807) is 7.11 Å². The van der Waals surface area contributed by atoms with Crippen LogP contribution < -0.4 is 4.74 Å². The molecule has 0 radical (unpaired) electrons. The third-order valence-electron chi connectivity index (χ3n) is 2.30. The van der Waals surface area contributed by atoms with E-state index in [0.29, 0.717) is 24.8 Å². The molecular formula is C13H17ClO5. The van der Waals surface area contributed by atoms with Crippen molar-refractivity contribution in [1.82, 2.24) is 0 Å². The number of hydrogen-bond donors (Lipinski definition) is 1. The molecule has 6 heteroatoms. The summed E-state index contributed by atoms with van der Waals surface area (Å²) in [5, 5.41) is 9.42. The highest BCUT2D eigenvalue weighted by atomic mass is 35.5. The highest BCUT2D eigenvalue weighted by molar-refractivity contribution is 6.30. The number of methoxy groups -OCH3 is 1. The molecule has 0 unspecified atom stereocenters. The van der Waals surface area contributed by atoms with Crippen LogP contribution in [0.25, 0.3) is 0 Å². The van der Waals surface area contributed by atoms with Crippen LogP contribution in [0, 0.1) is 0 Å². The molecule has 1 rings (SSSR count). The van der Waals surface area contributed by atoms with Crippen LogP contribution in [0.15, 0.2) is 18.2 Å². The molecule has 0 atom stereocenters. The molecule has 0 aliphatic rings. The maximum atomic E-state index is 11.0. The maximum absolute atomic E-state index is 11.0. The number of halogens is 1. The zero-order valence-electron chi connectivity index (χ0n) is 10.7. The topological polar surface area (TPSA) is 65.0 Å². The van der Waals surface area contributed by atoms with Crippen molar-refractivity contribution in [3.05, 3.63) is 28.8 Å². The lowest BCUT2D eigenvalue weighted by Crippen LogP contribution is -2.10. The number of carboxylic acids is 1. The van der Waals surface area contributed by atoms with E-state index in [4.69, 9.17) is 30.9 Å². The summed E-state index contributed by atoms with van der Waals surface area (Å²) in [5.41, 5.74) is 0.0868. The Morgan fingerprint density at radius 2 is 2.05 bits per heavy atom. The lowest BCUT2D eigenvalue weighted by Gasteiger charge is -2.10. The monoisotopic (exact) mass is 288 g/mol. The highest BCUT2D eigenvalue weighted by Gasteiger charge is 2.11. The van der Waals surface area contributed by atoms with Crippen molar-refractivity contribution in [1.29, 1.82) is 0 Å². The lowest BCUT2D eigenvalue weighted by molar-refractivity contribution is 0.0677. The fourth-order valence-corrected chi connectivity index (χ4v) is 1.57. The Kier molecular flexibility index (Phi) is 7.25. The van der Waals surface area contributed by atoms with Crippen molar-refractivity contribution in [2.45, 2.75) is 6.42 Å². The first-order valence-corrected chi connectivity index (χ1v) is 6.25. The first-order valence-electron chi connectivity index (χ1n) is 5.87. The Morgan fingerprint density at radius 3 is 2.74 bits per heavy atom. The quantitative estimate of drug-likeness (QED) is 0.707. The van der Waals surface area contributed by atoms with Crippen molar-refractivity contribution in [3.8, 4) is 5.75 Å². The highest BCUT2D eigenvalue weighted by Crippen LogP contribution is 2.23. The second kappa shape index (κ2) is 8.74. The summed E-state index contributed by atoms with van der Waals surface area (Å²) in [5.74, 6) is -0.798. The Labute approximate surface area is 117 Å². The van der Waals surface area contributed by atoms with Gasteiger partial charge in [-0.3, -0.25) is 0 Å². The summed E-state index contributed by atoms with van der Waals surface area (Å²) >= 11 is 5.80. The largest absolute Gasteiger partial charge is 0.490 e. The van der Waals surface area contributed by atoms with Crippen molar-refractivity contribution in [2.24, 2.45) is 0 Å². The van der Waals surface area contributed by atoms with E-state index < -0.39 is 5.97 Å². The van der Waals surface area contributed by atoms with Crippen LogP contribution >= 0.6 is 11.6 Å². The average Bonchev–Trinajstić information content (AvgIpc) is 2.37. The summed E-state index contributed by atoms with van der Waals surface area (Å²) in [6.45, 7) is 1.89. The Morgan fingerprint density at radius 1 is 1.26 bits per heavy atom. The molecule has 0 saturated carbocycles. The molecule has 0 fully saturated rings. The molecule has 0 aliphatic heterocycles. The zero-order valence-corrected chi connectivity index (χ0v) is 11.5. The van der Waals surface area contributed by atoms with Crippen LogP contribution in [0.1, 0.15) is 16.8 Å². The Hall–Kier alpha value is -1.30. The standard InChI is InChI=1S/C13H17ClO5/c1-17-5-2-6-18-7-8-19-12-9-10(14)3-4-11(12)13(15)16/h3-4,9H,2,5-8H2,1H3,(H,15,16). The molecule has 1 N–H and O–H groups in total. The SMILES string of the molecule is COCCCOCCOc1cc(Cl)ccc1C(=O)O. The van der Waals surface area contributed by atoms with Crippen LogP contribution in [0.2, 0.25) is 5.02 Å². The molecule has 106 valence electrons. The van der Waals surface area contributed by atoms with Gasteiger partial charge in [0.15, 0.2) is 0 Å². The van der Waals surface area contributed by atoms with Gasteiger partial charge in [-0.25, -0.2) is 4.79 Å². The van der Waals surface area contributed by atoms with E-state index >= 15 is 0 Å². The van der Waals surface area contributed by atoms with Crippen LogP contribution in [-0.4, -0.2) is 44.6 Å². The van der Waals surface area contributed by atoms with E-state index in [2.05, 4.69) is 0 Å². The van der Waals surface area contributed by atoms with Crippen LogP contribution in [0.4, 0.5) is 0 Å². The molecule has 0 bridgehead atoms. The molecule has 0 amide bonds. The molecular weight excluding hydrogens is 272 g/mol. The van der Waals surface area contributed by atoms with E-state index in [-0.39, 0.29) is 17.9 Å². The second-order valence-electron chi connectivity index (χ2n) is 3.75. The van der Waals surface area contributed by atoms with Crippen molar-refractivity contribution >= 4 is 17.6 Å². The van der Waals surface area contributed by atoms with Gasteiger partial charge in [-0.15, -0.1) is 0 Å². The fourth-order valence-electron chi connectivity index (χ4n) is 1.41. The van der Waals surface area contributed by atoms with Crippen molar-refractivity contribution in [2.75, 3.05) is 33.5 Å². The van der Waals surface area contributed by atoms with Gasteiger partial charge in [0.05, 0.1) is 6.61 Å². The minimum atomic E-state index is -1.05. The minimum absolute atomic E-state index is 0.0868. The van der Waals surface area contributed by atoms with Crippen molar-refractivity contribution in [3.63, 3.8) is 0 Å². The van der Waals surface area contributed by atoms with Gasteiger partial charge in [-0.2, -0.15) is 0 Å². The summed E-state index contributed by atoms with van der Waals surface area (Å²) in [7, 11) is 1.63. The molecule has 1 aromatic carbocycles. The van der Waals surface area contributed by atoms with E-state index in [1.807, 2.05) is 0 Å². The third-order valence-corrected chi connectivity index (χ3v) is 2.53. The second-order valence-corrected chi connectivity index (χ2v) is 4.19. The number of ether oxygens (including phenoxy) is 3. The number of benzene rings is 1. The number of rotatable bonds is 9. The summed E-state index contributed by atoms with van der Waals surface area (Å²) < 4.78 is 15.5. The van der Waals surface area contributed by atoms with Gasteiger partial charge in [-0.1, -0.05) is 11.6 Å². The molecule has 0 aromatic heterocycles. The number of hydrogen-bond acceptors (Lipinski definition) is 4. The number of aromatic carboxylic acids is 1. The molecule has 0 aliphatic carbocycles. The predicted molar refractivity (Wildman–Crippen MR) is 71.2 cm³/mol. The summed E-state index contributed by atoms with van der Waals surface area (Å²) in [6, 6.07) is 4.41. The van der Waals surface area contributed by atoms with Gasteiger partial charge >= 0.3 is 5.97 Å². The molecule has 0 spiro atoms. The Balaban J connectivity index is 2.36.